The van der Waals surface area contributed by atoms with Crippen LogP contribution in [0.5, 0.6) is 0 Å². The summed E-state index contributed by atoms with van der Waals surface area (Å²) in [4.78, 5) is 13.2. The van der Waals surface area contributed by atoms with Crippen LogP contribution in [-0.4, -0.2) is 91.0 Å². The van der Waals surface area contributed by atoms with Crippen molar-refractivity contribution in [2.75, 3.05) is 6.61 Å². The number of hydrogen-bond donors (Lipinski definition) is 1. The highest BCUT2D eigenvalue weighted by Gasteiger charge is 2.58. The summed E-state index contributed by atoms with van der Waals surface area (Å²) in [6.45, 7) is 8.03. The molecule has 11 heteroatoms. The van der Waals surface area contributed by atoms with Crippen LogP contribution in [0.1, 0.15) is 110 Å². The molecule has 12 atom stereocenters. The zero-order valence-corrected chi connectivity index (χ0v) is 29.5. The molecule has 0 amide bonds. The average Bonchev–Trinajstić information content (AvgIpc) is 3.42. The van der Waals surface area contributed by atoms with Crippen LogP contribution in [0.2, 0.25) is 0 Å². The second kappa shape index (κ2) is 17.1. The number of ether oxygens (including phenoxy) is 9. The Labute approximate surface area is 290 Å². The van der Waals surface area contributed by atoms with E-state index in [-0.39, 0.29) is 25.2 Å². The lowest BCUT2D eigenvalue weighted by molar-refractivity contribution is -0.388. The van der Waals surface area contributed by atoms with Crippen molar-refractivity contribution in [2.24, 2.45) is 0 Å². The Morgan fingerprint density at radius 2 is 1.59 bits per heavy atom. The molecule has 0 aromatic heterocycles. The third-order valence-corrected chi connectivity index (χ3v) is 10.0. The number of fused-ring (bicyclic) bond motifs is 7. The van der Waals surface area contributed by atoms with E-state index in [0.717, 1.165) is 63.4 Å². The molecule has 1 N–H and O–H groups in total. The molecule has 5 aliphatic heterocycles. The van der Waals surface area contributed by atoms with E-state index in [0.29, 0.717) is 6.42 Å². The van der Waals surface area contributed by atoms with Crippen molar-refractivity contribution in [1.29, 1.82) is 0 Å². The average molecular weight is 689 g/mol. The van der Waals surface area contributed by atoms with E-state index in [1.165, 1.54) is 0 Å². The Morgan fingerprint density at radius 3 is 2.39 bits per heavy atom. The lowest BCUT2D eigenvalue weighted by Gasteiger charge is -2.49. The van der Waals surface area contributed by atoms with Crippen LogP contribution in [0.4, 0.5) is 0 Å². The van der Waals surface area contributed by atoms with Gasteiger partial charge in [0.2, 0.25) is 0 Å². The summed E-state index contributed by atoms with van der Waals surface area (Å²) in [5, 5.41) is 11.9. The minimum Gasteiger partial charge on any atom is -0.456 e. The van der Waals surface area contributed by atoms with Gasteiger partial charge in [0.15, 0.2) is 30.8 Å². The van der Waals surface area contributed by atoms with Crippen molar-refractivity contribution in [3.8, 4) is 0 Å². The molecule has 274 valence electrons. The predicted octanol–water partition coefficient (Wildman–Crippen LogP) is 6.01. The number of aliphatic hydroxyl groups excluding tert-OH is 1. The summed E-state index contributed by atoms with van der Waals surface area (Å²) in [5.41, 5.74) is 0.818. The molecule has 0 aliphatic carbocycles. The van der Waals surface area contributed by atoms with Gasteiger partial charge in [0.25, 0.3) is 0 Å². The van der Waals surface area contributed by atoms with Crippen molar-refractivity contribution in [3.63, 3.8) is 0 Å². The normalized spacial score (nSPS) is 41.1. The van der Waals surface area contributed by atoms with E-state index in [1.54, 1.807) is 0 Å². The minimum atomic E-state index is -1.38. The highest BCUT2D eigenvalue weighted by atomic mass is 16.8. The SMILES string of the molecule is CCCCC[C@@H]1CCC/C=C/CCCCC(=O)O[C@@H]2[C@@H](O)[C@H](O[C@H]3[C@H](O1)O[C@H](C)[C@@H]1OC(C)(C)O[C@@H]13)O[C@@H]1CO[C@@H](c3ccccc3)O[C@@H]21. The summed E-state index contributed by atoms with van der Waals surface area (Å²) in [6, 6.07) is 9.54. The lowest BCUT2D eigenvalue weighted by atomic mass is 9.96. The van der Waals surface area contributed by atoms with Crippen LogP contribution in [0, 0.1) is 0 Å². The van der Waals surface area contributed by atoms with Crippen molar-refractivity contribution in [3.05, 3.63) is 48.0 Å². The summed E-state index contributed by atoms with van der Waals surface area (Å²) in [6.07, 6.45) is 5.24. The number of rotatable bonds is 5. The van der Waals surface area contributed by atoms with Gasteiger partial charge in [-0.15, -0.1) is 0 Å². The first kappa shape index (κ1) is 36.8. The van der Waals surface area contributed by atoms with E-state index in [4.69, 9.17) is 42.6 Å². The van der Waals surface area contributed by atoms with E-state index in [1.807, 2.05) is 51.1 Å². The molecule has 0 spiro atoms. The maximum absolute atomic E-state index is 13.2. The van der Waals surface area contributed by atoms with Crippen molar-refractivity contribution >= 4 is 5.97 Å². The molecule has 0 radical (unpaired) electrons. The standard InChI is InChI=1S/C38H56O11/c1-5-6-13-20-26-21-16-10-8-7-9-11-17-22-28(39)45-32-29(40)36(44-27-23-41-35(46-31(27)32)25-18-14-12-15-19-25)47-34-33-30(48-38(3,4)49-33)24(2)42-37(34)43-26/h7-8,12,14-15,18-19,24,26-27,29-37,40H,5-6,9-11,13,16-17,20-23H2,1-4H3/b8-7+/t24-,26-,27-,29-,30+,31-,32-,33+,34-,35-,36+,37+/m1/s1. The Kier molecular flexibility index (Phi) is 12.8. The molecular formula is C38H56O11. The number of allylic oxidation sites excluding steroid dienone is 2. The van der Waals surface area contributed by atoms with Crippen LogP contribution < -0.4 is 0 Å². The molecule has 6 rings (SSSR count). The van der Waals surface area contributed by atoms with Gasteiger partial charge in [-0.3, -0.25) is 4.79 Å². The maximum Gasteiger partial charge on any atom is 0.306 e. The first-order chi connectivity index (χ1) is 23.7. The van der Waals surface area contributed by atoms with Crippen LogP contribution in [0.15, 0.2) is 42.5 Å². The summed E-state index contributed by atoms with van der Waals surface area (Å²) >= 11 is 0. The third kappa shape index (κ3) is 9.30. The first-order valence-corrected chi connectivity index (χ1v) is 18.5. The Hall–Kier alpha value is -1.93. The largest absolute Gasteiger partial charge is 0.456 e. The Morgan fingerprint density at radius 1 is 0.816 bits per heavy atom. The number of carbonyl (C=O) groups excluding carboxylic acids is 1. The van der Waals surface area contributed by atoms with Crippen LogP contribution in [-0.2, 0) is 47.4 Å². The van der Waals surface area contributed by atoms with Crippen molar-refractivity contribution in [1.82, 2.24) is 0 Å². The highest BCUT2D eigenvalue weighted by molar-refractivity contribution is 5.69. The van der Waals surface area contributed by atoms with Crippen molar-refractivity contribution in [2.45, 2.75) is 178 Å². The summed E-state index contributed by atoms with van der Waals surface area (Å²) in [5.74, 6) is -1.29. The smallest absolute Gasteiger partial charge is 0.306 e. The van der Waals surface area contributed by atoms with E-state index >= 15 is 0 Å². The van der Waals surface area contributed by atoms with E-state index in [9.17, 15) is 9.90 Å². The van der Waals surface area contributed by atoms with Gasteiger partial charge in [-0.05, 0) is 65.7 Å². The van der Waals surface area contributed by atoms with Crippen molar-refractivity contribution < 1.29 is 52.5 Å². The molecule has 4 fully saturated rings. The molecule has 49 heavy (non-hydrogen) atoms. The van der Waals surface area contributed by atoms with Gasteiger partial charge >= 0.3 is 5.97 Å². The third-order valence-electron chi connectivity index (χ3n) is 10.0. The summed E-state index contributed by atoms with van der Waals surface area (Å²) in [7, 11) is 0. The lowest BCUT2D eigenvalue weighted by Crippen LogP contribution is -2.66. The topological polar surface area (TPSA) is 120 Å². The zero-order valence-electron chi connectivity index (χ0n) is 29.5. The van der Waals surface area contributed by atoms with E-state index in [2.05, 4.69) is 19.1 Å². The van der Waals surface area contributed by atoms with Gasteiger partial charge in [-0.1, -0.05) is 68.7 Å². The number of hydrogen-bond acceptors (Lipinski definition) is 11. The molecule has 2 bridgehead atoms. The first-order valence-electron chi connectivity index (χ1n) is 18.5. The molecule has 5 aliphatic rings. The maximum atomic E-state index is 13.2. The summed E-state index contributed by atoms with van der Waals surface area (Å²) < 4.78 is 57.6. The van der Waals surface area contributed by atoms with Crippen LogP contribution in [0.25, 0.3) is 0 Å². The van der Waals surface area contributed by atoms with Crippen LogP contribution in [0.3, 0.4) is 0 Å². The molecular weight excluding hydrogens is 632 g/mol. The fraction of sp³-hybridized carbons (Fsp3) is 0.763. The molecule has 0 saturated carbocycles. The molecule has 1 aromatic rings. The molecule has 11 nitrogen and oxygen atoms in total. The van der Waals surface area contributed by atoms with Gasteiger partial charge in [0.05, 0.1) is 18.8 Å². The molecule has 4 saturated heterocycles. The second-order valence-corrected chi connectivity index (χ2v) is 14.4. The van der Waals surface area contributed by atoms with Gasteiger partial charge in [0.1, 0.15) is 36.6 Å². The Bertz CT molecular complexity index is 1210. The minimum absolute atomic E-state index is 0.0532. The number of benzene rings is 1. The van der Waals surface area contributed by atoms with Gasteiger partial charge < -0.3 is 47.7 Å². The van der Waals surface area contributed by atoms with Gasteiger partial charge in [0, 0.05) is 12.0 Å². The fourth-order valence-electron chi connectivity index (χ4n) is 7.48. The number of carbonyl (C=O) groups is 1. The quantitative estimate of drug-likeness (QED) is 0.222. The molecule has 1 aromatic carbocycles. The zero-order chi connectivity index (χ0) is 34.4. The van der Waals surface area contributed by atoms with Gasteiger partial charge in [-0.2, -0.15) is 0 Å². The molecule has 0 unspecified atom stereocenters. The fourth-order valence-corrected chi connectivity index (χ4v) is 7.48. The monoisotopic (exact) mass is 688 g/mol. The van der Waals surface area contributed by atoms with E-state index < -0.39 is 73.4 Å². The Balaban J connectivity index is 1.29. The van der Waals surface area contributed by atoms with Crippen LogP contribution >= 0.6 is 0 Å². The second-order valence-electron chi connectivity index (χ2n) is 14.4. The highest BCUT2D eigenvalue weighted by Crippen LogP contribution is 2.42. The number of unbranched alkanes of at least 4 members (excludes halogenated alkanes) is 2. The number of esters is 1. The predicted molar refractivity (Wildman–Crippen MR) is 178 cm³/mol. The van der Waals surface area contributed by atoms with Gasteiger partial charge in [-0.25, -0.2) is 0 Å². The number of aliphatic hydroxyl groups is 1. The molecule has 5 heterocycles.